The van der Waals surface area contributed by atoms with Crippen molar-refractivity contribution in [1.29, 1.82) is 0 Å². The second-order valence-corrected chi connectivity index (χ2v) is 4.99. The largest absolute Gasteiger partial charge is 0.361 e. The molecule has 1 unspecified atom stereocenters. The molecule has 1 aliphatic rings. The zero-order chi connectivity index (χ0) is 12.5. The molecule has 1 aromatic heterocycles. The number of nitrogens with two attached hydrogens (primary N) is 1. The molecule has 0 bridgehead atoms. The third-order valence-corrected chi connectivity index (χ3v) is 3.54. The van der Waals surface area contributed by atoms with Gasteiger partial charge in [-0.2, -0.15) is 0 Å². The first-order valence-electron chi connectivity index (χ1n) is 6.35. The maximum Gasteiger partial charge on any atom is 0.251 e. The van der Waals surface area contributed by atoms with Gasteiger partial charge in [0.2, 0.25) is 0 Å². The fourth-order valence-corrected chi connectivity index (χ4v) is 2.19. The van der Waals surface area contributed by atoms with Crippen LogP contribution in [-0.2, 0) is 0 Å². The summed E-state index contributed by atoms with van der Waals surface area (Å²) in [7, 11) is 0. The Bertz CT molecular complexity index is 571. The topological polar surface area (TPSA) is 70.9 Å². The Kier molecular flexibility index (Phi) is 2.80. The molecule has 1 amide bonds. The Morgan fingerprint density at radius 2 is 2.28 bits per heavy atom. The van der Waals surface area contributed by atoms with Crippen LogP contribution in [0.15, 0.2) is 30.5 Å². The summed E-state index contributed by atoms with van der Waals surface area (Å²) in [5.41, 5.74) is 7.61. The van der Waals surface area contributed by atoms with E-state index in [2.05, 4.69) is 10.3 Å². The van der Waals surface area contributed by atoms with Gasteiger partial charge in [-0.05, 0) is 42.3 Å². The lowest BCUT2D eigenvalue weighted by Crippen LogP contribution is -2.38. The molecular formula is C14H17N3O. The van der Waals surface area contributed by atoms with Gasteiger partial charge in [0.1, 0.15) is 0 Å². The van der Waals surface area contributed by atoms with Crippen LogP contribution in [-0.4, -0.2) is 23.5 Å². The molecule has 1 fully saturated rings. The number of benzene rings is 1. The van der Waals surface area contributed by atoms with Crippen LogP contribution < -0.4 is 11.1 Å². The molecule has 3 rings (SSSR count). The standard InChI is InChI=1S/C14H17N3O/c15-12(9-1-2-9)8-17-14(18)11-4-3-10-5-6-16-13(10)7-11/h3-7,9,12,16H,1-2,8,15H2,(H,17,18). The molecule has 0 radical (unpaired) electrons. The number of aromatic amines is 1. The zero-order valence-corrected chi connectivity index (χ0v) is 10.1. The minimum Gasteiger partial charge on any atom is -0.361 e. The summed E-state index contributed by atoms with van der Waals surface area (Å²) in [6, 6.07) is 7.74. The molecular weight excluding hydrogens is 226 g/mol. The van der Waals surface area contributed by atoms with E-state index in [9.17, 15) is 4.79 Å². The van der Waals surface area contributed by atoms with Crippen LogP contribution in [0.25, 0.3) is 10.9 Å². The van der Waals surface area contributed by atoms with Gasteiger partial charge in [-0.3, -0.25) is 4.79 Å². The molecule has 1 saturated carbocycles. The quantitative estimate of drug-likeness (QED) is 0.764. The van der Waals surface area contributed by atoms with Gasteiger partial charge in [0.05, 0.1) is 0 Å². The lowest BCUT2D eigenvalue weighted by Gasteiger charge is -2.11. The van der Waals surface area contributed by atoms with Gasteiger partial charge in [0.25, 0.3) is 5.91 Å². The summed E-state index contributed by atoms with van der Waals surface area (Å²) in [6.45, 7) is 0.562. The van der Waals surface area contributed by atoms with Crippen LogP contribution in [0.2, 0.25) is 0 Å². The van der Waals surface area contributed by atoms with Gasteiger partial charge in [-0.15, -0.1) is 0 Å². The summed E-state index contributed by atoms with van der Waals surface area (Å²) >= 11 is 0. The lowest BCUT2D eigenvalue weighted by molar-refractivity contribution is 0.0950. The molecule has 4 N–H and O–H groups in total. The Morgan fingerprint density at radius 1 is 1.44 bits per heavy atom. The molecule has 4 nitrogen and oxygen atoms in total. The van der Waals surface area contributed by atoms with E-state index in [1.54, 1.807) is 0 Å². The van der Waals surface area contributed by atoms with Crippen LogP contribution in [0, 0.1) is 5.92 Å². The molecule has 94 valence electrons. The highest BCUT2D eigenvalue weighted by Crippen LogP contribution is 2.31. The van der Waals surface area contributed by atoms with Crippen molar-refractivity contribution in [1.82, 2.24) is 10.3 Å². The number of amides is 1. The number of H-pyrrole nitrogens is 1. The molecule has 1 aromatic carbocycles. The minimum absolute atomic E-state index is 0.0531. The molecule has 4 heteroatoms. The van der Waals surface area contributed by atoms with Crippen molar-refractivity contribution in [2.75, 3.05) is 6.54 Å². The first-order valence-corrected chi connectivity index (χ1v) is 6.35. The maximum atomic E-state index is 12.0. The number of rotatable bonds is 4. The average Bonchev–Trinajstić information content (AvgIpc) is 3.13. The second-order valence-electron chi connectivity index (χ2n) is 4.99. The Hall–Kier alpha value is -1.81. The van der Waals surface area contributed by atoms with Crippen molar-refractivity contribution in [2.24, 2.45) is 11.7 Å². The fraction of sp³-hybridized carbons (Fsp3) is 0.357. The average molecular weight is 243 g/mol. The highest BCUT2D eigenvalue weighted by molar-refractivity contribution is 5.97. The Morgan fingerprint density at radius 3 is 3.06 bits per heavy atom. The zero-order valence-electron chi connectivity index (χ0n) is 10.1. The number of nitrogens with one attached hydrogen (secondary N) is 2. The van der Waals surface area contributed by atoms with Crippen LogP contribution >= 0.6 is 0 Å². The molecule has 0 spiro atoms. The number of carbonyl (C=O) groups excluding carboxylic acids is 1. The van der Waals surface area contributed by atoms with Gasteiger partial charge in [-0.1, -0.05) is 6.07 Å². The monoisotopic (exact) mass is 243 g/mol. The maximum absolute atomic E-state index is 12.0. The van der Waals surface area contributed by atoms with Crippen molar-refractivity contribution in [3.63, 3.8) is 0 Å². The summed E-state index contributed by atoms with van der Waals surface area (Å²) in [6.07, 6.45) is 4.27. The molecule has 1 heterocycles. The summed E-state index contributed by atoms with van der Waals surface area (Å²) < 4.78 is 0. The second kappa shape index (κ2) is 4.46. The first-order chi connectivity index (χ1) is 8.74. The normalized spacial score (nSPS) is 16.7. The van der Waals surface area contributed by atoms with E-state index in [1.165, 1.54) is 12.8 Å². The predicted molar refractivity (Wildman–Crippen MR) is 71.3 cm³/mol. The van der Waals surface area contributed by atoms with E-state index in [4.69, 9.17) is 5.73 Å². The number of fused-ring (bicyclic) bond motifs is 1. The molecule has 18 heavy (non-hydrogen) atoms. The number of hydrogen-bond donors (Lipinski definition) is 3. The highest BCUT2D eigenvalue weighted by Gasteiger charge is 2.28. The first kappa shape index (κ1) is 11.3. The number of aromatic nitrogens is 1. The molecule has 1 aliphatic carbocycles. The molecule has 0 saturated heterocycles. The van der Waals surface area contributed by atoms with Gasteiger partial charge in [0.15, 0.2) is 0 Å². The minimum atomic E-state index is -0.0531. The Balaban J connectivity index is 1.66. The van der Waals surface area contributed by atoms with Crippen molar-refractivity contribution in [3.8, 4) is 0 Å². The van der Waals surface area contributed by atoms with Crippen LogP contribution in [0.5, 0.6) is 0 Å². The summed E-state index contributed by atoms with van der Waals surface area (Å²) in [5.74, 6) is 0.554. The number of hydrogen-bond acceptors (Lipinski definition) is 2. The fourth-order valence-electron chi connectivity index (χ4n) is 2.19. The van der Waals surface area contributed by atoms with Crippen molar-refractivity contribution in [3.05, 3.63) is 36.0 Å². The van der Waals surface area contributed by atoms with E-state index in [1.807, 2.05) is 30.5 Å². The Labute approximate surface area is 106 Å². The number of carbonyl (C=O) groups is 1. The lowest BCUT2D eigenvalue weighted by atomic mass is 10.1. The highest BCUT2D eigenvalue weighted by atomic mass is 16.1. The van der Waals surface area contributed by atoms with Gasteiger partial charge in [-0.25, -0.2) is 0 Å². The van der Waals surface area contributed by atoms with Crippen molar-refractivity contribution in [2.45, 2.75) is 18.9 Å². The van der Waals surface area contributed by atoms with Crippen LogP contribution in [0.1, 0.15) is 23.2 Å². The van der Waals surface area contributed by atoms with E-state index in [0.717, 1.165) is 10.9 Å². The van der Waals surface area contributed by atoms with Gasteiger partial charge in [0, 0.05) is 29.9 Å². The SMILES string of the molecule is NC(CNC(=O)c1ccc2cc[nH]c2c1)C1CC1. The predicted octanol–water partition coefficient (Wildman–Crippen LogP) is 1.63. The summed E-state index contributed by atoms with van der Waals surface area (Å²) in [5, 5.41) is 4.01. The molecule has 0 aliphatic heterocycles. The van der Waals surface area contributed by atoms with E-state index < -0.39 is 0 Å². The van der Waals surface area contributed by atoms with Crippen molar-refractivity contribution >= 4 is 16.8 Å². The van der Waals surface area contributed by atoms with E-state index >= 15 is 0 Å². The third-order valence-electron chi connectivity index (χ3n) is 3.54. The van der Waals surface area contributed by atoms with Crippen LogP contribution in [0.3, 0.4) is 0 Å². The van der Waals surface area contributed by atoms with Crippen LogP contribution in [0.4, 0.5) is 0 Å². The molecule has 1 atom stereocenters. The van der Waals surface area contributed by atoms with Gasteiger partial charge < -0.3 is 16.0 Å². The van der Waals surface area contributed by atoms with Crippen molar-refractivity contribution < 1.29 is 4.79 Å². The summed E-state index contributed by atoms with van der Waals surface area (Å²) in [4.78, 5) is 15.1. The van der Waals surface area contributed by atoms with Gasteiger partial charge >= 0.3 is 0 Å². The third kappa shape index (κ3) is 2.24. The smallest absolute Gasteiger partial charge is 0.251 e. The van der Waals surface area contributed by atoms with E-state index in [0.29, 0.717) is 18.0 Å². The molecule has 2 aromatic rings. The van der Waals surface area contributed by atoms with E-state index in [-0.39, 0.29) is 11.9 Å².